The number of carbonyl (C=O) groups is 1. The molecular formula is C20H21Br2N3O. The number of aryl methyl sites for hydroxylation is 1. The predicted molar refractivity (Wildman–Crippen MR) is 112 cm³/mol. The van der Waals surface area contributed by atoms with Crippen molar-refractivity contribution in [3.8, 4) is 0 Å². The predicted octanol–water partition coefficient (Wildman–Crippen LogP) is 5.55. The molecule has 0 unspecified atom stereocenters. The first kappa shape index (κ1) is 18.0. The number of halogens is 2. The second kappa shape index (κ2) is 6.97. The molecule has 1 amide bonds. The second-order valence-electron chi connectivity index (χ2n) is 7.46. The van der Waals surface area contributed by atoms with Crippen LogP contribution in [0.2, 0.25) is 0 Å². The van der Waals surface area contributed by atoms with Gasteiger partial charge in [-0.2, -0.15) is 0 Å². The van der Waals surface area contributed by atoms with Gasteiger partial charge in [0.1, 0.15) is 10.4 Å². The summed E-state index contributed by atoms with van der Waals surface area (Å²) in [5.41, 5.74) is 3.35. The maximum absolute atomic E-state index is 12.9. The van der Waals surface area contributed by atoms with Crippen LogP contribution in [0.15, 0.2) is 39.4 Å². The maximum atomic E-state index is 12.9. The number of pyridine rings is 1. The van der Waals surface area contributed by atoms with Gasteiger partial charge in [0.05, 0.1) is 11.3 Å². The Balaban J connectivity index is 1.58. The summed E-state index contributed by atoms with van der Waals surface area (Å²) >= 11 is 6.94. The van der Waals surface area contributed by atoms with Crippen LogP contribution in [-0.2, 0) is 0 Å². The van der Waals surface area contributed by atoms with Crippen LogP contribution in [0, 0.1) is 12.3 Å². The summed E-state index contributed by atoms with van der Waals surface area (Å²) in [5, 5.41) is 2.95. The zero-order valence-corrected chi connectivity index (χ0v) is 17.9. The number of piperidine rings is 1. The minimum absolute atomic E-state index is 0.121. The molecule has 1 spiro atoms. The average molecular weight is 479 g/mol. The number of rotatable bonds is 3. The fourth-order valence-electron chi connectivity index (χ4n) is 3.73. The van der Waals surface area contributed by atoms with Gasteiger partial charge in [-0.3, -0.25) is 4.79 Å². The number of nitrogens with zero attached hydrogens (tertiary/aromatic N) is 2. The summed E-state index contributed by atoms with van der Waals surface area (Å²) in [6.07, 6.45) is 5.21. The molecule has 136 valence electrons. The van der Waals surface area contributed by atoms with Gasteiger partial charge in [0, 0.05) is 17.6 Å². The number of carbonyl (C=O) groups excluding carboxylic acids is 1. The Morgan fingerprint density at radius 1 is 1.12 bits per heavy atom. The fourth-order valence-corrected chi connectivity index (χ4v) is 4.63. The van der Waals surface area contributed by atoms with E-state index in [1.807, 2.05) is 31.2 Å². The largest absolute Gasteiger partial charge is 0.371 e. The first-order chi connectivity index (χ1) is 12.4. The maximum Gasteiger partial charge on any atom is 0.258 e. The highest BCUT2D eigenvalue weighted by atomic mass is 79.9. The van der Waals surface area contributed by atoms with E-state index in [1.54, 1.807) is 0 Å². The number of amides is 1. The van der Waals surface area contributed by atoms with Crippen molar-refractivity contribution in [2.24, 2.45) is 5.41 Å². The third kappa shape index (κ3) is 3.81. The lowest BCUT2D eigenvalue weighted by molar-refractivity contribution is 0.102. The van der Waals surface area contributed by atoms with E-state index >= 15 is 0 Å². The van der Waals surface area contributed by atoms with Gasteiger partial charge < -0.3 is 10.2 Å². The molecule has 26 heavy (non-hydrogen) atoms. The molecule has 1 aromatic heterocycles. The van der Waals surface area contributed by atoms with Gasteiger partial charge in [-0.25, -0.2) is 4.98 Å². The molecule has 0 atom stereocenters. The lowest BCUT2D eigenvalue weighted by atomic mass is 9.93. The van der Waals surface area contributed by atoms with Gasteiger partial charge >= 0.3 is 0 Å². The summed E-state index contributed by atoms with van der Waals surface area (Å²) in [6.45, 7) is 4.02. The van der Waals surface area contributed by atoms with Crippen LogP contribution in [-0.4, -0.2) is 24.0 Å². The Morgan fingerprint density at radius 2 is 1.85 bits per heavy atom. The quantitative estimate of drug-likeness (QED) is 0.588. The highest BCUT2D eigenvalue weighted by Gasteiger charge is 2.44. The van der Waals surface area contributed by atoms with E-state index in [4.69, 9.17) is 0 Å². The zero-order chi connectivity index (χ0) is 18.3. The van der Waals surface area contributed by atoms with E-state index < -0.39 is 0 Å². The summed E-state index contributed by atoms with van der Waals surface area (Å²) in [4.78, 5) is 19.6. The molecule has 4 rings (SSSR count). The lowest BCUT2D eigenvalue weighted by Gasteiger charge is -2.35. The average Bonchev–Trinajstić information content (AvgIpc) is 3.33. The molecule has 2 fully saturated rings. The molecular weight excluding hydrogens is 458 g/mol. The summed E-state index contributed by atoms with van der Waals surface area (Å²) < 4.78 is 1.71. The highest BCUT2D eigenvalue weighted by molar-refractivity contribution is 9.10. The molecule has 2 heterocycles. The number of hydrogen-bond donors (Lipinski definition) is 1. The van der Waals surface area contributed by atoms with Crippen molar-refractivity contribution in [3.63, 3.8) is 0 Å². The number of anilines is 2. The Morgan fingerprint density at radius 3 is 2.50 bits per heavy atom. The van der Waals surface area contributed by atoms with E-state index in [2.05, 4.69) is 53.1 Å². The normalized spacial score (nSPS) is 18.0. The number of nitrogens with one attached hydrogen (secondary N) is 1. The van der Waals surface area contributed by atoms with Crippen molar-refractivity contribution < 1.29 is 4.79 Å². The Hall–Kier alpha value is -1.40. The van der Waals surface area contributed by atoms with E-state index in [0.717, 1.165) is 33.4 Å². The molecule has 2 aromatic rings. The van der Waals surface area contributed by atoms with Crippen LogP contribution < -0.4 is 10.2 Å². The minimum atomic E-state index is -0.121. The van der Waals surface area contributed by atoms with Crippen LogP contribution >= 0.6 is 31.9 Å². The van der Waals surface area contributed by atoms with E-state index in [1.165, 1.54) is 25.7 Å². The van der Waals surface area contributed by atoms with Crippen molar-refractivity contribution in [2.45, 2.75) is 32.6 Å². The first-order valence-corrected chi connectivity index (χ1v) is 10.5. The van der Waals surface area contributed by atoms with Gasteiger partial charge in [0.25, 0.3) is 5.91 Å². The molecule has 1 aliphatic heterocycles. The molecule has 0 radical (unpaired) electrons. The molecule has 0 bridgehead atoms. The second-order valence-corrected chi connectivity index (χ2v) is 9.18. The highest BCUT2D eigenvalue weighted by Crippen LogP contribution is 2.54. The van der Waals surface area contributed by atoms with Gasteiger partial charge in [0.15, 0.2) is 0 Å². The van der Waals surface area contributed by atoms with Crippen LogP contribution in [0.25, 0.3) is 0 Å². The molecule has 6 heteroatoms. The summed E-state index contributed by atoms with van der Waals surface area (Å²) in [5.74, 6) is 0.440. The van der Waals surface area contributed by atoms with Crippen LogP contribution in [0.3, 0.4) is 0 Å². The minimum Gasteiger partial charge on any atom is -0.371 e. The monoisotopic (exact) mass is 477 g/mol. The van der Waals surface area contributed by atoms with Gasteiger partial charge in [0.2, 0.25) is 0 Å². The topological polar surface area (TPSA) is 45.2 Å². The summed E-state index contributed by atoms with van der Waals surface area (Å²) in [7, 11) is 0. The molecule has 1 N–H and O–H groups in total. The lowest BCUT2D eigenvalue weighted by Crippen LogP contribution is -2.35. The van der Waals surface area contributed by atoms with Crippen LogP contribution in [0.1, 0.15) is 41.6 Å². The molecule has 2 aliphatic rings. The SMILES string of the molecule is Cc1cc(Br)nc(NC(=O)c2ccc(Br)cc2N2CCC3(CC2)CC3)c1. The third-order valence-electron chi connectivity index (χ3n) is 5.51. The van der Waals surface area contributed by atoms with Gasteiger partial charge in [-0.1, -0.05) is 15.9 Å². The standard InChI is InChI=1S/C20H21Br2N3O/c1-13-10-17(22)23-18(11-13)24-19(26)15-3-2-14(21)12-16(15)25-8-6-20(4-5-20)7-9-25/h2-3,10-12H,4-9H2,1H3,(H,23,24,26). The van der Waals surface area contributed by atoms with E-state index in [0.29, 0.717) is 16.8 Å². The van der Waals surface area contributed by atoms with Crippen molar-refractivity contribution >= 4 is 49.3 Å². The van der Waals surface area contributed by atoms with Gasteiger partial charge in [-0.15, -0.1) is 0 Å². The first-order valence-electron chi connectivity index (χ1n) is 8.94. The Bertz CT molecular complexity index is 834. The molecule has 1 aliphatic carbocycles. The molecule has 1 saturated heterocycles. The van der Waals surface area contributed by atoms with Gasteiger partial charge in [-0.05, 0) is 89.8 Å². The fraction of sp³-hybridized carbons (Fsp3) is 0.400. The van der Waals surface area contributed by atoms with Crippen molar-refractivity contribution in [1.29, 1.82) is 0 Å². The van der Waals surface area contributed by atoms with E-state index in [9.17, 15) is 4.79 Å². The van der Waals surface area contributed by atoms with Crippen LogP contribution in [0.5, 0.6) is 0 Å². The van der Waals surface area contributed by atoms with Crippen molar-refractivity contribution in [2.75, 3.05) is 23.3 Å². The third-order valence-corrected chi connectivity index (χ3v) is 6.41. The van der Waals surface area contributed by atoms with E-state index in [-0.39, 0.29) is 5.91 Å². The van der Waals surface area contributed by atoms with Crippen molar-refractivity contribution in [3.05, 3.63) is 50.5 Å². The number of benzene rings is 1. The van der Waals surface area contributed by atoms with Crippen molar-refractivity contribution in [1.82, 2.24) is 4.98 Å². The molecule has 1 saturated carbocycles. The zero-order valence-electron chi connectivity index (χ0n) is 14.7. The molecule has 4 nitrogen and oxygen atoms in total. The molecule has 1 aromatic carbocycles. The Kier molecular flexibility index (Phi) is 4.82. The number of hydrogen-bond acceptors (Lipinski definition) is 3. The number of aromatic nitrogens is 1. The summed E-state index contributed by atoms with van der Waals surface area (Å²) in [6, 6.07) is 9.66. The Labute approximate surface area is 170 Å². The smallest absolute Gasteiger partial charge is 0.258 e. The van der Waals surface area contributed by atoms with Crippen LogP contribution in [0.4, 0.5) is 11.5 Å².